The van der Waals surface area contributed by atoms with E-state index in [0.29, 0.717) is 0 Å². The van der Waals surface area contributed by atoms with Crippen LogP contribution in [0.2, 0.25) is 0 Å². The first-order chi connectivity index (χ1) is 7.66. The molecule has 0 atom stereocenters. The van der Waals surface area contributed by atoms with E-state index in [9.17, 15) is 0 Å². The highest BCUT2D eigenvalue weighted by molar-refractivity contribution is 9.09. The van der Waals surface area contributed by atoms with Gasteiger partial charge < -0.3 is 0 Å². The monoisotopic (exact) mass is 274 g/mol. The van der Waals surface area contributed by atoms with Gasteiger partial charge in [-0.3, -0.25) is 0 Å². The quantitative estimate of drug-likeness (QED) is 0.691. The lowest BCUT2D eigenvalue weighted by atomic mass is 10.0. The first kappa shape index (κ1) is 11.4. The van der Waals surface area contributed by atoms with E-state index < -0.39 is 0 Å². The van der Waals surface area contributed by atoms with E-state index in [4.69, 9.17) is 0 Å². The normalized spacial score (nSPS) is 10.8. The third kappa shape index (κ3) is 2.53. The van der Waals surface area contributed by atoms with Gasteiger partial charge in [0.05, 0.1) is 4.83 Å². The first-order valence-electron chi connectivity index (χ1n) is 5.44. The minimum absolute atomic E-state index is 0.286. The Kier molecular flexibility index (Phi) is 3.45. The maximum Gasteiger partial charge on any atom is 0.0644 e. The van der Waals surface area contributed by atoms with E-state index in [1.807, 2.05) is 0 Å². The van der Waals surface area contributed by atoms with Crippen LogP contribution in [0.25, 0.3) is 0 Å². The largest absolute Gasteiger partial charge is 0.0786 e. The van der Waals surface area contributed by atoms with E-state index in [1.165, 1.54) is 22.3 Å². The van der Waals surface area contributed by atoms with E-state index >= 15 is 0 Å². The number of hydrogen-bond donors (Lipinski definition) is 0. The molecule has 0 amide bonds. The van der Waals surface area contributed by atoms with Crippen molar-refractivity contribution in [3.63, 3.8) is 0 Å². The third-order valence-electron chi connectivity index (χ3n) is 2.74. The number of hydrogen-bond acceptors (Lipinski definition) is 0. The Morgan fingerprint density at radius 2 is 1.00 bits per heavy atom. The van der Waals surface area contributed by atoms with Crippen molar-refractivity contribution in [1.82, 2.24) is 0 Å². The molecule has 2 aromatic carbocycles. The molecule has 2 rings (SSSR count). The highest BCUT2D eigenvalue weighted by Crippen LogP contribution is 2.30. The van der Waals surface area contributed by atoms with Crippen molar-refractivity contribution < 1.29 is 0 Å². The highest BCUT2D eigenvalue weighted by Gasteiger charge is 2.09. The lowest BCUT2D eigenvalue weighted by molar-refractivity contribution is 1.17. The molecule has 0 nitrogen and oxygen atoms in total. The number of aryl methyl sites for hydroxylation is 2. The smallest absolute Gasteiger partial charge is 0.0644 e. The predicted octanol–water partition coefficient (Wildman–Crippen LogP) is 4.79. The van der Waals surface area contributed by atoms with Crippen LogP contribution in [0, 0.1) is 13.8 Å². The second-order valence-electron chi connectivity index (χ2n) is 4.18. The number of alkyl halides is 1. The minimum atomic E-state index is 0.286. The van der Waals surface area contributed by atoms with E-state index in [0.717, 1.165) is 0 Å². The van der Waals surface area contributed by atoms with Crippen LogP contribution in [-0.2, 0) is 0 Å². The molecule has 0 saturated carbocycles. The second-order valence-corrected chi connectivity index (χ2v) is 5.10. The zero-order chi connectivity index (χ0) is 11.5. The number of benzene rings is 2. The lowest BCUT2D eigenvalue weighted by Gasteiger charge is -2.11. The van der Waals surface area contributed by atoms with Gasteiger partial charge in [-0.2, -0.15) is 0 Å². The average molecular weight is 275 g/mol. The summed E-state index contributed by atoms with van der Waals surface area (Å²) in [5.74, 6) is 0. The van der Waals surface area contributed by atoms with Crippen LogP contribution in [0.1, 0.15) is 27.1 Å². The van der Waals surface area contributed by atoms with Crippen LogP contribution in [0.15, 0.2) is 48.5 Å². The molecule has 0 aromatic heterocycles. The molecule has 0 spiro atoms. The number of halogens is 1. The van der Waals surface area contributed by atoms with Gasteiger partial charge in [-0.1, -0.05) is 75.6 Å². The molecular formula is C15H15Br. The standard InChI is InChI=1S/C15H15Br/c1-11-3-7-13(8-4-11)15(16)14-9-5-12(2)6-10-14/h3-10,15H,1-2H3. The summed E-state index contributed by atoms with van der Waals surface area (Å²) in [5, 5.41) is 0. The summed E-state index contributed by atoms with van der Waals surface area (Å²) in [7, 11) is 0. The van der Waals surface area contributed by atoms with Crippen LogP contribution in [0.4, 0.5) is 0 Å². The summed E-state index contributed by atoms with van der Waals surface area (Å²) in [5.41, 5.74) is 5.20. The highest BCUT2D eigenvalue weighted by atomic mass is 79.9. The van der Waals surface area contributed by atoms with Crippen LogP contribution in [0.3, 0.4) is 0 Å². The van der Waals surface area contributed by atoms with Crippen LogP contribution >= 0.6 is 15.9 Å². The van der Waals surface area contributed by atoms with Gasteiger partial charge in [-0.05, 0) is 25.0 Å². The van der Waals surface area contributed by atoms with Crippen molar-refractivity contribution in [3.05, 3.63) is 70.8 Å². The minimum Gasteiger partial charge on any atom is -0.0786 e. The Bertz CT molecular complexity index is 408. The van der Waals surface area contributed by atoms with Crippen LogP contribution < -0.4 is 0 Å². The Balaban J connectivity index is 2.28. The van der Waals surface area contributed by atoms with Crippen molar-refractivity contribution in [3.8, 4) is 0 Å². The van der Waals surface area contributed by atoms with Crippen molar-refractivity contribution in [1.29, 1.82) is 0 Å². The molecule has 16 heavy (non-hydrogen) atoms. The molecule has 0 bridgehead atoms. The molecule has 82 valence electrons. The van der Waals surface area contributed by atoms with Gasteiger partial charge in [-0.15, -0.1) is 0 Å². The maximum atomic E-state index is 3.74. The molecular weight excluding hydrogens is 260 g/mol. The molecule has 0 fully saturated rings. The summed E-state index contributed by atoms with van der Waals surface area (Å²) in [4.78, 5) is 0.286. The second kappa shape index (κ2) is 4.84. The summed E-state index contributed by atoms with van der Waals surface area (Å²) < 4.78 is 0. The zero-order valence-electron chi connectivity index (χ0n) is 9.57. The summed E-state index contributed by atoms with van der Waals surface area (Å²) in [6.07, 6.45) is 0. The Morgan fingerprint density at radius 1 is 0.688 bits per heavy atom. The maximum absolute atomic E-state index is 3.74. The molecule has 2 aromatic rings. The summed E-state index contributed by atoms with van der Waals surface area (Å²) >= 11 is 3.74. The van der Waals surface area contributed by atoms with E-state index in [2.05, 4.69) is 78.3 Å². The van der Waals surface area contributed by atoms with Crippen LogP contribution in [0.5, 0.6) is 0 Å². The van der Waals surface area contributed by atoms with Gasteiger partial charge in [0.15, 0.2) is 0 Å². The molecule has 0 heterocycles. The topological polar surface area (TPSA) is 0 Å². The van der Waals surface area contributed by atoms with E-state index in [-0.39, 0.29) is 4.83 Å². The fraction of sp³-hybridized carbons (Fsp3) is 0.200. The van der Waals surface area contributed by atoms with Gasteiger partial charge in [0.25, 0.3) is 0 Å². The molecule has 0 radical (unpaired) electrons. The van der Waals surface area contributed by atoms with Gasteiger partial charge >= 0.3 is 0 Å². The number of rotatable bonds is 2. The van der Waals surface area contributed by atoms with Gasteiger partial charge in [0.1, 0.15) is 0 Å². The molecule has 0 aliphatic rings. The van der Waals surface area contributed by atoms with Gasteiger partial charge in [0, 0.05) is 0 Å². The summed E-state index contributed by atoms with van der Waals surface area (Å²) in [6, 6.07) is 17.3. The van der Waals surface area contributed by atoms with Crippen molar-refractivity contribution in [2.24, 2.45) is 0 Å². The Labute approximate surface area is 105 Å². The predicted molar refractivity (Wildman–Crippen MR) is 73.1 cm³/mol. The average Bonchev–Trinajstić information content (AvgIpc) is 2.30. The SMILES string of the molecule is Cc1ccc(C(Br)c2ccc(C)cc2)cc1. The van der Waals surface area contributed by atoms with Crippen LogP contribution in [-0.4, -0.2) is 0 Å². The van der Waals surface area contributed by atoms with Crippen molar-refractivity contribution in [2.75, 3.05) is 0 Å². The molecule has 1 heteroatoms. The molecule has 0 saturated heterocycles. The Hall–Kier alpha value is -1.08. The molecule has 0 aliphatic carbocycles. The zero-order valence-corrected chi connectivity index (χ0v) is 11.2. The Morgan fingerprint density at radius 3 is 1.31 bits per heavy atom. The van der Waals surface area contributed by atoms with Crippen molar-refractivity contribution in [2.45, 2.75) is 18.7 Å². The van der Waals surface area contributed by atoms with Gasteiger partial charge in [0.2, 0.25) is 0 Å². The first-order valence-corrected chi connectivity index (χ1v) is 6.35. The fourth-order valence-corrected chi connectivity index (χ4v) is 2.27. The lowest BCUT2D eigenvalue weighted by Crippen LogP contribution is -1.92. The van der Waals surface area contributed by atoms with Gasteiger partial charge in [-0.25, -0.2) is 0 Å². The van der Waals surface area contributed by atoms with Crippen molar-refractivity contribution >= 4 is 15.9 Å². The molecule has 0 aliphatic heterocycles. The fourth-order valence-electron chi connectivity index (χ4n) is 1.66. The molecule has 0 unspecified atom stereocenters. The third-order valence-corrected chi connectivity index (χ3v) is 3.80. The van der Waals surface area contributed by atoms with E-state index in [1.54, 1.807) is 0 Å². The summed E-state index contributed by atoms with van der Waals surface area (Å²) in [6.45, 7) is 4.22. The molecule has 0 N–H and O–H groups in total.